The summed E-state index contributed by atoms with van der Waals surface area (Å²) in [7, 11) is 0. The molecule has 2 aliphatic rings. The third kappa shape index (κ3) is 1.63. The van der Waals surface area contributed by atoms with Crippen LogP contribution in [-0.2, 0) is 6.42 Å². The van der Waals surface area contributed by atoms with E-state index < -0.39 is 0 Å². The first kappa shape index (κ1) is 10.5. The molecule has 16 heavy (non-hydrogen) atoms. The average molecular weight is 237 g/mol. The molecule has 2 bridgehead atoms. The van der Waals surface area contributed by atoms with E-state index in [0.717, 1.165) is 30.2 Å². The second-order valence-corrected chi connectivity index (χ2v) is 5.95. The summed E-state index contributed by atoms with van der Waals surface area (Å²) in [6.45, 7) is 4.51. The number of rotatable bonds is 2. The summed E-state index contributed by atoms with van der Waals surface area (Å²) < 4.78 is 4.41. The molecule has 0 N–H and O–H groups in total. The summed E-state index contributed by atoms with van der Waals surface area (Å²) in [5, 5.41) is 1.18. The fourth-order valence-corrected chi connectivity index (χ4v) is 4.15. The lowest BCUT2D eigenvalue weighted by atomic mass is 9.93. The number of hydrogen-bond acceptors (Lipinski definition) is 4. The Balaban J connectivity index is 1.85. The van der Waals surface area contributed by atoms with Gasteiger partial charge in [0, 0.05) is 30.0 Å². The molecule has 1 aromatic rings. The van der Waals surface area contributed by atoms with Gasteiger partial charge in [-0.2, -0.15) is 4.37 Å². The van der Waals surface area contributed by atoms with E-state index >= 15 is 0 Å². The van der Waals surface area contributed by atoms with Crippen molar-refractivity contribution < 1.29 is 0 Å². The van der Waals surface area contributed by atoms with Crippen molar-refractivity contribution >= 4 is 16.7 Å². The summed E-state index contributed by atoms with van der Waals surface area (Å²) in [6, 6.07) is 1.48. The molecule has 3 heterocycles. The van der Waals surface area contributed by atoms with E-state index in [1.165, 1.54) is 30.8 Å². The third-order valence-electron chi connectivity index (χ3n) is 3.96. The van der Waals surface area contributed by atoms with Gasteiger partial charge in [0.05, 0.1) is 0 Å². The zero-order chi connectivity index (χ0) is 11.1. The standard InChI is InChI=1S/C12H19N3S/c1-3-11-13-12(16-14-11)15-9-4-5-10(15)7-8(2)6-9/h8-10H,3-7H2,1-2H3. The number of piperidine rings is 1. The van der Waals surface area contributed by atoms with E-state index in [4.69, 9.17) is 0 Å². The van der Waals surface area contributed by atoms with Crippen LogP contribution in [0.2, 0.25) is 0 Å². The first-order chi connectivity index (χ1) is 7.78. The molecule has 3 nitrogen and oxygen atoms in total. The zero-order valence-corrected chi connectivity index (χ0v) is 10.8. The minimum absolute atomic E-state index is 0.742. The summed E-state index contributed by atoms with van der Waals surface area (Å²) >= 11 is 1.59. The minimum Gasteiger partial charge on any atom is -0.341 e. The number of fused-ring (bicyclic) bond motifs is 2. The van der Waals surface area contributed by atoms with Crippen LogP contribution in [0, 0.1) is 5.92 Å². The summed E-state index contributed by atoms with van der Waals surface area (Å²) in [6.07, 6.45) is 6.36. The maximum atomic E-state index is 4.65. The molecule has 1 aromatic heterocycles. The van der Waals surface area contributed by atoms with Gasteiger partial charge in [-0.3, -0.25) is 0 Å². The second-order valence-electron chi connectivity index (χ2n) is 5.22. The van der Waals surface area contributed by atoms with E-state index in [9.17, 15) is 0 Å². The molecule has 0 amide bonds. The van der Waals surface area contributed by atoms with Gasteiger partial charge in [0.25, 0.3) is 0 Å². The summed E-state index contributed by atoms with van der Waals surface area (Å²) in [5.74, 6) is 1.91. The highest BCUT2D eigenvalue weighted by Crippen LogP contribution is 2.41. The highest BCUT2D eigenvalue weighted by molar-refractivity contribution is 7.09. The number of anilines is 1. The Bertz CT molecular complexity index is 362. The molecule has 0 spiro atoms. The lowest BCUT2D eigenvalue weighted by molar-refractivity contribution is 0.363. The first-order valence-electron chi connectivity index (χ1n) is 6.39. The first-order valence-corrected chi connectivity index (χ1v) is 7.16. The van der Waals surface area contributed by atoms with Crippen molar-refractivity contribution in [3.8, 4) is 0 Å². The van der Waals surface area contributed by atoms with Crippen LogP contribution in [0.5, 0.6) is 0 Å². The van der Waals surface area contributed by atoms with Gasteiger partial charge in [-0.15, -0.1) is 0 Å². The zero-order valence-electron chi connectivity index (χ0n) is 10.0. The number of hydrogen-bond donors (Lipinski definition) is 0. The number of aryl methyl sites for hydroxylation is 1. The maximum Gasteiger partial charge on any atom is 0.205 e. The number of aromatic nitrogens is 2. The second kappa shape index (κ2) is 3.99. The van der Waals surface area contributed by atoms with Crippen molar-refractivity contribution in [1.82, 2.24) is 9.36 Å². The van der Waals surface area contributed by atoms with Gasteiger partial charge in [-0.1, -0.05) is 13.8 Å². The SMILES string of the molecule is CCc1nsc(N2C3CCC2CC(C)C3)n1. The van der Waals surface area contributed by atoms with Crippen molar-refractivity contribution in [2.45, 2.75) is 58.0 Å². The van der Waals surface area contributed by atoms with Gasteiger partial charge in [-0.25, -0.2) is 4.98 Å². The monoisotopic (exact) mass is 237 g/mol. The van der Waals surface area contributed by atoms with Crippen LogP contribution in [0.25, 0.3) is 0 Å². The lowest BCUT2D eigenvalue weighted by Gasteiger charge is -2.37. The van der Waals surface area contributed by atoms with Gasteiger partial charge >= 0.3 is 0 Å². The van der Waals surface area contributed by atoms with Gasteiger partial charge in [0.1, 0.15) is 5.82 Å². The molecule has 0 aliphatic carbocycles. The lowest BCUT2D eigenvalue weighted by Crippen LogP contribution is -2.42. The topological polar surface area (TPSA) is 29.0 Å². The Morgan fingerprint density at radius 1 is 1.31 bits per heavy atom. The van der Waals surface area contributed by atoms with E-state index in [0.29, 0.717) is 0 Å². The van der Waals surface area contributed by atoms with Crippen molar-refractivity contribution in [2.24, 2.45) is 5.92 Å². The number of nitrogens with zero attached hydrogens (tertiary/aromatic N) is 3. The molecule has 0 saturated carbocycles. The molecule has 2 saturated heterocycles. The van der Waals surface area contributed by atoms with E-state index in [-0.39, 0.29) is 0 Å². The maximum absolute atomic E-state index is 4.65. The van der Waals surface area contributed by atoms with Gasteiger partial charge in [0.2, 0.25) is 5.13 Å². The fraction of sp³-hybridized carbons (Fsp3) is 0.833. The molecule has 2 aliphatic heterocycles. The van der Waals surface area contributed by atoms with Gasteiger partial charge in [-0.05, 0) is 31.6 Å². The Labute approximate surface area is 101 Å². The van der Waals surface area contributed by atoms with E-state index in [1.54, 1.807) is 11.5 Å². The molecule has 88 valence electrons. The average Bonchev–Trinajstić information content (AvgIpc) is 2.81. The Hall–Kier alpha value is -0.640. The van der Waals surface area contributed by atoms with Gasteiger partial charge < -0.3 is 4.90 Å². The molecular weight excluding hydrogens is 218 g/mol. The molecule has 0 aromatic carbocycles. The predicted octanol–water partition coefficient (Wildman–Crippen LogP) is 2.87. The van der Waals surface area contributed by atoms with Crippen molar-refractivity contribution in [2.75, 3.05) is 4.90 Å². The quantitative estimate of drug-likeness (QED) is 0.792. The van der Waals surface area contributed by atoms with Crippen molar-refractivity contribution in [1.29, 1.82) is 0 Å². The fourth-order valence-electron chi connectivity index (χ4n) is 3.25. The van der Waals surface area contributed by atoms with Crippen LogP contribution in [-0.4, -0.2) is 21.4 Å². The Morgan fingerprint density at radius 3 is 2.56 bits per heavy atom. The molecular formula is C12H19N3S. The van der Waals surface area contributed by atoms with E-state index in [1.807, 2.05) is 0 Å². The third-order valence-corrected chi connectivity index (χ3v) is 4.73. The van der Waals surface area contributed by atoms with Crippen molar-refractivity contribution in [3.63, 3.8) is 0 Å². The van der Waals surface area contributed by atoms with Crippen LogP contribution in [0.15, 0.2) is 0 Å². The Morgan fingerprint density at radius 2 is 2.00 bits per heavy atom. The predicted molar refractivity (Wildman–Crippen MR) is 67.0 cm³/mol. The highest BCUT2D eigenvalue weighted by atomic mass is 32.1. The van der Waals surface area contributed by atoms with Crippen LogP contribution in [0.1, 0.15) is 45.4 Å². The normalized spacial score (nSPS) is 33.4. The molecule has 2 unspecified atom stereocenters. The molecule has 3 rings (SSSR count). The van der Waals surface area contributed by atoms with Gasteiger partial charge in [0.15, 0.2) is 0 Å². The largest absolute Gasteiger partial charge is 0.341 e. The minimum atomic E-state index is 0.742. The van der Waals surface area contributed by atoms with Crippen LogP contribution < -0.4 is 4.90 Å². The molecule has 4 heteroatoms. The molecule has 2 atom stereocenters. The summed E-state index contributed by atoms with van der Waals surface area (Å²) in [5.41, 5.74) is 0. The highest BCUT2D eigenvalue weighted by Gasteiger charge is 2.40. The smallest absolute Gasteiger partial charge is 0.205 e. The van der Waals surface area contributed by atoms with Crippen LogP contribution in [0.3, 0.4) is 0 Å². The van der Waals surface area contributed by atoms with Crippen LogP contribution in [0.4, 0.5) is 5.13 Å². The molecule has 0 radical (unpaired) electrons. The van der Waals surface area contributed by atoms with Crippen LogP contribution >= 0.6 is 11.5 Å². The summed E-state index contributed by atoms with van der Waals surface area (Å²) in [4.78, 5) is 7.22. The Kier molecular flexibility index (Phi) is 2.62. The van der Waals surface area contributed by atoms with Crippen molar-refractivity contribution in [3.05, 3.63) is 5.82 Å². The molecule has 2 fully saturated rings. The van der Waals surface area contributed by atoms with E-state index in [2.05, 4.69) is 28.1 Å².